The molecule has 4 nitrogen and oxygen atoms in total. The highest BCUT2D eigenvalue weighted by Crippen LogP contribution is 2.10. The van der Waals surface area contributed by atoms with Gasteiger partial charge < -0.3 is 10.6 Å². The van der Waals surface area contributed by atoms with E-state index in [9.17, 15) is 0 Å². The van der Waals surface area contributed by atoms with Crippen molar-refractivity contribution in [3.63, 3.8) is 0 Å². The molecule has 0 amide bonds. The highest BCUT2D eigenvalue weighted by Gasteiger charge is 2.11. The van der Waals surface area contributed by atoms with Gasteiger partial charge in [-0.1, -0.05) is 0 Å². The van der Waals surface area contributed by atoms with Crippen LogP contribution in [0.15, 0.2) is 18.7 Å². The summed E-state index contributed by atoms with van der Waals surface area (Å²) in [6.45, 7) is 2.21. The Morgan fingerprint density at radius 2 is 1.92 bits per heavy atom. The van der Waals surface area contributed by atoms with Crippen LogP contribution in [0.25, 0.3) is 0 Å². The molecule has 0 bridgehead atoms. The van der Waals surface area contributed by atoms with E-state index < -0.39 is 0 Å². The van der Waals surface area contributed by atoms with Crippen molar-refractivity contribution in [1.29, 1.82) is 0 Å². The molecular weight excluding hydrogens is 164 g/mol. The predicted molar refractivity (Wildman–Crippen MR) is 51.5 cm³/mol. The van der Waals surface area contributed by atoms with Gasteiger partial charge in [-0.15, -0.1) is 0 Å². The average Bonchev–Trinajstić information content (AvgIpc) is 2.21. The van der Waals surface area contributed by atoms with Crippen LogP contribution in [-0.4, -0.2) is 29.1 Å². The van der Waals surface area contributed by atoms with Crippen molar-refractivity contribution in [2.45, 2.75) is 18.9 Å². The number of piperidine rings is 1. The Labute approximate surface area is 77.8 Å². The number of rotatable bonds is 2. The number of aromatic nitrogens is 2. The molecule has 1 aromatic rings. The van der Waals surface area contributed by atoms with Gasteiger partial charge in [0.1, 0.15) is 6.33 Å². The number of hydrogen-bond acceptors (Lipinski definition) is 4. The number of nitrogens with zero attached hydrogens (tertiary/aromatic N) is 2. The summed E-state index contributed by atoms with van der Waals surface area (Å²) in [4.78, 5) is 7.92. The first-order chi connectivity index (χ1) is 6.45. The van der Waals surface area contributed by atoms with Crippen molar-refractivity contribution in [2.75, 3.05) is 18.4 Å². The second-order valence-electron chi connectivity index (χ2n) is 3.30. The lowest BCUT2D eigenvalue weighted by atomic mass is 10.1. The molecule has 1 fully saturated rings. The van der Waals surface area contributed by atoms with Gasteiger partial charge in [0.25, 0.3) is 0 Å². The smallest absolute Gasteiger partial charge is 0.115 e. The summed E-state index contributed by atoms with van der Waals surface area (Å²) in [5.41, 5.74) is 1.02. The van der Waals surface area contributed by atoms with E-state index in [1.54, 1.807) is 6.33 Å². The second kappa shape index (κ2) is 4.18. The van der Waals surface area contributed by atoms with Gasteiger partial charge in [0.05, 0.1) is 18.1 Å². The zero-order valence-electron chi connectivity index (χ0n) is 7.53. The Morgan fingerprint density at radius 1 is 1.23 bits per heavy atom. The van der Waals surface area contributed by atoms with Crippen molar-refractivity contribution in [3.8, 4) is 0 Å². The highest BCUT2D eigenvalue weighted by molar-refractivity contribution is 5.38. The third-order valence-corrected chi connectivity index (χ3v) is 2.27. The molecule has 0 spiro atoms. The van der Waals surface area contributed by atoms with E-state index in [4.69, 9.17) is 0 Å². The van der Waals surface area contributed by atoms with E-state index in [1.165, 1.54) is 12.8 Å². The Bertz CT molecular complexity index is 243. The fourth-order valence-electron chi connectivity index (χ4n) is 1.58. The Kier molecular flexibility index (Phi) is 2.72. The van der Waals surface area contributed by atoms with Crippen molar-refractivity contribution < 1.29 is 0 Å². The molecule has 13 heavy (non-hydrogen) atoms. The van der Waals surface area contributed by atoms with Crippen LogP contribution < -0.4 is 10.6 Å². The molecule has 0 saturated carbocycles. The van der Waals surface area contributed by atoms with Crippen molar-refractivity contribution >= 4 is 5.69 Å². The van der Waals surface area contributed by atoms with Crippen LogP contribution in [0.2, 0.25) is 0 Å². The Morgan fingerprint density at radius 3 is 2.62 bits per heavy atom. The van der Waals surface area contributed by atoms with E-state index in [2.05, 4.69) is 20.6 Å². The van der Waals surface area contributed by atoms with Crippen LogP contribution in [0, 0.1) is 0 Å². The first-order valence-electron chi connectivity index (χ1n) is 4.67. The largest absolute Gasteiger partial charge is 0.380 e. The van der Waals surface area contributed by atoms with Crippen LogP contribution in [0.3, 0.4) is 0 Å². The fourth-order valence-corrected chi connectivity index (χ4v) is 1.58. The van der Waals surface area contributed by atoms with Crippen molar-refractivity contribution in [1.82, 2.24) is 15.3 Å². The molecule has 0 aliphatic carbocycles. The van der Waals surface area contributed by atoms with Crippen LogP contribution in [-0.2, 0) is 0 Å². The zero-order valence-corrected chi connectivity index (χ0v) is 7.53. The molecule has 0 atom stereocenters. The Hall–Kier alpha value is -1.16. The number of anilines is 1. The summed E-state index contributed by atoms with van der Waals surface area (Å²) in [6.07, 6.45) is 7.53. The first-order valence-corrected chi connectivity index (χ1v) is 4.67. The Balaban J connectivity index is 1.90. The third-order valence-electron chi connectivity index (χ3n) is 2.27. The lowest BCUT2D eigenvalue weighted by Gasteiger charge is -2.24. The van der Waals surface area contributed by atoms with Gasteiger partial charge in [0.2, 0.25) is 0 Å². The maximum atomic E-state index is 3.96. The summed E-state index contributed by atoms with van der Waals surface area (Å²) in [6, 6.07) is 0.576. The molecule has 0 aromatic carbocycles. The molecule has 0 radical (unpaired) electrons. The van der Waals surface area contributed by atoms with E-state index in [0.29, 0.717) is 6.04 Å². The maximum Gasteiger partial charge on any atom is 0.115 e. The summed E-state index contributed by atoms with van der Waals surface area (Å²) in [7, 11) is 0. The van der Waals surface area contributed by atoms with Crippen LogP contribution >= 0.6 is 0 Å². The number of hydrogen-bond donors (Lipinski definition) is 2. The van der Waals surface area contributed by atoms with Crippen molar-refractivity contribution in [2.24, 2.45) is 0 Å². The van der Waals surface area contributed by atoms with E-state index in [0.717, 1.165) is 18.8 Å². The quantitative estimate of drug-likeness (QED) is 0.697. The van der Waals surface area contributed by atoms with E-state index in [1.807, 2.05) is 12.4 Å². The minimum Gasteiger partial charge on any atom is -0.380 e. The molecule has 1 aliphatic heterocycles. The topological polar surface area (TPSA) is 49.8 Å². The second-order valence-corrected chi connectivity index (χ2v) is 3.30. The standard InChI is InChI=1S/C9H14N4/c1-3-10-4-2-8(1)13-9-5-11-7-12-6-9/h5-8,10,13H,1-4H2. The van der Waals surface area contributed by atoms with Crippen molar-refractivity contribution in [3.05, 3.63) is 18.7 Å². The summed E-state index contributed by atoms with van der Waals surface area (Å²) < 4.78 is 0. The average molecular weight is 178 g/mol. The molecule has 70 valence electrons. The maximum absolute atomic E-state index is 3.96. The summed E-state index contributed by atoms with van der Waals surface area (Å²) >= 11 is 0. The molecule has 2 rings (SSSR count). The lowest BCUT2D eigenvalue weighted by Crippen LogP contribution is -2.35. The van der Waals surface area contributed by atoms with Gasteiger partial charge in [-0.2, -0.15) is 0 Å². The molecule has 1 aromatic heterocycles. The molecule has 0 unspecified atom stereocenters. The van der Waals surface area contributed by atoms with Gasteiger partial charge in [0, 0.05) is 6.04 Å². The molecular formula is C9H14N4. The van der Waals surface area contributed by atoms with Crippen LogP contribution in [0.5, 0.6) is 0 Å². The monoisotopic (exact) mass is 178 g/mol. The van der Waals surface area contributed by atoms with Gasteiger partial charge in [-0.25, -0.2) is 9.97 Å². The fraction of sp³-hybridized carbons (Fsp3) is 0.556. The zero-order chi connectivity index (χ0) is 8.93. The molecule has 4 heteroatoms. The molecule has 1 saturated heterocycles. The predicted octanol–water partition coefficient (Wildman–Crippen LogP) is 0.640. The highest BCUT2D eigenvalue weighted by atomic mass is 15.0. The van der Waals surface area contributed by atoms with Gasteiger partial charge >= 0.3 is 0 Å². The van der Waals surface area contributed by atoms with Gasteiger partial charge in [-0.05, 0) is 25.9 Å². The van der Waals surface area contributed by atoms with Crippen LogP contribution in [0.1, 0.15) is 12.8 Å². The minimum absolute atomic E-state index is 0.576. The first kappa shape index (κ1) is 8.44. The van der Waals surface area contributed by atoms with E-state index >= 15 is 0 Å². The summed E-state index contributed by atoms with van der Waals surface area (Å²) in [5, 5.41) is 6.75. The molecule has 2 heterocycles. The van der Waals surface area contributed by atoms with Gasteiger partial charge in [-0.3, -0.25) is 0 Å². The minimum atomic E-state index is 0.576. The third kappa shape index (κ3) is 2.39. The molecule has 2 N–H and O–H groups in total. The molecule has 1 aliphatic rings. The van der Waals surface area contributed by atoms with Crippen LogP contribution in [0.4, 0.5) is 5.69 Å². The lowest BCUT2D eigenvalue weighted by molar-refractivity contribution is 0.479. The van der Waals surface area contributed by atoms with E-state index in [-0.39, 0.29) is 0 Å². The van der Waals surface area contributed by atoms with Gasteiger partial charge in [0.15, 0.2) is 0 Å². The SMILES string of the molecule is c1ncc(NC2CCNCC2)cn1. The number of nitrogens with one attached hydrogen (secondary N) is 2. The normalized spacial score (nSPS) is 18.5. The summed E-state index contributed by atoms with van der Waals surface area (Å²) in [5.74, 6) is 0.